The van der Waals surface area contributed by atoms with Gasteiger partial charge in [-0.2, -0.15) is 0 Å². The highest BCUT2D eigenvalue weighted by molar-refractivity contribution is 4.81. The predicted octanol–water partition coefficient (Wildman–Crippen LogP) is 1.43. The molecular formula is C12H28N2O2. The largest absolute Gasteiger partial charge is 0.381 e. The lowest BCUT2D eigenvalue weighted by molar-refractivity contribution is -0.0108. The van der Waals surface area contributed by atoms with Gasteiger partial charge in [0.15, 0.2) is 0 Å². The quantitative estimate of drug-likeness (QED) is 0.526. The summed E-state index contributed by atoms with van der Waals surface area (Å²) < 4.78 is 5.43. The van der Waals surface area contributed by atoms with E-state index in [1.165, 1.54) is 0 Å². The summed E-state index contributed by atoms with van der Waals surface area (Å²) in [5.74, 6) is 0. The zero-order valence-corrected chi connectivity index (χ0v) is 11.1. The van der Waals surface area contributed by atoms with Crippen LogP contribution < -0.4 is 11.1 Å². The van der Waals surface area contributed by atoms with Gasteiger partial charge in [-0.25, -0.2) is 0 Å². The molecule has 3 unspecified atom stereocenters. The lowest BCUT2D eigenvalue weighted by atomic mass is 9.76. The van der Waals surface area contributed by atoms with Crippen molar-refractivity contribution in [2.75, 3.05) is 13.8 Å². The molecular weight excluding hydrogens is 204 g/mol. The highest BCUT2D eigenvalue weighted by Gasteiger charge is 2.30. The van der Waals surface area contributed by atoms with Crippen LogP contribution in [-0.2, 0) is 4.74 Å². The normalized spacial score (nSPS) is 19.1. The average molecular weight is 232 g/mol. The Balaban J connectivity index is 4.21. The van der Waals surface area contributed by atoms with Gasteiger partial charge in [0.05, 0.1) is 6.10 Å². The molecule has 0 aliphatic rings. The second-order valence-corrected chi connectivity index (χ2v) is 4.74. The van der Waals surface area contributed by atoms with Gasteiger partial charge in [0.25, 0.3) is 0 Å². The summed E-state index contributed by atoms with van der Waals surface area (Å²) >= 11 is 0. The van der Waals surface area contributed by atoms with E-state index in [1.54, 1.807) is 7.11 Å². The molecule has 4 heteroatoms. The van der Waals surface area contributed by atoms with Crippen molar-refractivity contribution >= 4 is 0 Å². The maximum Gasteiger partial charge on any atom is 0.105 e. The molecule has 4 nitrogen and oxygen atoms in total. The molecule has 0 amide bonds. The molecule has 0 fully saturated rings. The minimum absolute atomic E-state index is 0.126. The monoisotopic (exact) mass is 232 g/mol. The Bertz CT molecular complexity index is 178. The smallest absolute Gasteiger partial charge is 0.105 e. The van der Waals surface area contributed by atoms with Crippen molar-refractivity contribution in [3.8, 4) is 0 Å². The molecule has 0 radical (unpaired) electrons. The van der Waals surface area contributed by atoms with Crippen molar-refractivity contribution in [1.29, 1.82) is 0 Å². The van der Waals surface area contributed by atoms with E-state index in [0.29, 0.717) is 13.1 Å². The Morgan fingerprint density at radius 2 is 2.06 bits per heavy atom. The van der Waals surface area contributed by atoms with Crippen LogP contribution >= 0.6 is 0 Å². The number of nitrogens with one attached hydrogen (secondary N) is 1. The van der Waals surface area contributed by atoms with E-state index >= 15 is 0 Å². The number of nitrogens with two attached hydrogens (primary N) is 1. The van der Waals surface area contributed by atoms with E-state index in [9.17, 15) is 5.11 Å². The number of rotatable bonds is 9. The maximum absolute atomic E-state index is 9.60. The van der Waals surface area contributed by atoms with Gasteiger partial charge in [-0.05, 0) is 31.6 Å². The summed E-state index contributed by atoms with van der Waals surface area (Å²) in [6.45, 7) is 6.80. The first-order valence-electron chi connectivity index (χ1n) is 6.14. The van der Waals surface area contributed by atoms with Crippen LogP contribution in [0.2, 0.25) is 0 Å². The second-order valence-electron chi connectivity index (χ2n) is 4.74. The van der Waals surface area contributed by atoms with Crippen molar-refractivity contribution in [2.24, 2.45) is 11.1 Å². The zero-order chi connectivity index (χ0) is 12.6. The SMILES string of the molecule is CCCC(C)(CCC(O)NCN)C(C)OC. The highest BCUT2D eigenvalue weighted by Crippen LogP contribution is 2.34. The van der Waals surface area contributed by atoms with Crippen molar-refractivity contribution in [1.82, 2.24) is 5.32 Å². The molecule has 4 N–H and O–H groups in total. The molecule has 98 valence electrons. The summed E-state index contributed by atoms with van der Waals surface area (Å²) in [5.41, 5.74) is 5.44. The first-order valence-corrected chi connectivity index (χ1v) is 6.14. The molecule has 0 aromatic heterocycles. The van der Waals surface area contributed by atoms with Crippen LogP contribution in [0.5, 0.6) is 0 Å². The summed E-state index contributed by atoms with van der Waals surface area (Å²) in [5, 5.41) is 12.4. The molecule has 0 saturated carbocycles. The van der Waals surface area contributed by atoms with Gasteiger partial charge in [-0.3, -0.25) is 5.32 Å². The molecule has 3 atom stereocenters. The Labute approximate surface area is 99.6 Å². The third-order valence-corrected chi connectivity index (χ3v) is 3.50. The number of aliphatic hydroxyl groups is 1. The van der Waals surface area contributed by atoms with Crippen LogP contribution in [0.4, 0.5) is 0 Å². The Hall–Kier alpha value is -0.160. The fraction of sp³-hybridized carbons (Fsp3) is 1.00. The molecule has 0 aromatic rings. The highest BCUT2D eigenvalue weighted by atomic mass is 16.5. The second kappa shape index (κ2) is 8.01. The summed E-state index contributed by atoms with van der Waals surface area (Å²) in [6, 6.07) is 0. The molecule has 0 aliphatic heterocycles. The summed E-state index contributed by atoms with van der Waals surface area (Å²) in [7, 11) is 1.74. The minimum Gasteiger partial charge on any atom is -0.381 e. The topological polar surface area (TPSA) is 67.5 Å². The third kappa shape index (κ3) is 5.25. The van der Waals surface area contributed by atoms with Crippen molar-refractivity contribution in [2.45, 2.75) is 58.8 Å². The molecule has 0 saturated heterocycles. The molecule has 0 aromatic carbocycles. The van der Waals surface area contributed by atoms with Gasteiger partial charge >= 0.3 is 0 Å². The van der Waals surface area contributed by atoms with E-state index in [0.717, 1.165) is 19.3 Å². The van der Waals surface area contributed by atoms with Crippen LogP contribution in [0.15, 0.2) is 0 Å². The zero-order valence-electron chi connectivity index (χ0n) is 11.1. The molecule has 0 spiro atoms. The number of hydrogen-bond donors (Lipinski definition) is 3. The van der Waals surface area contributed by atoms with Gasteiger partial charge in [0, 0.05) is 13.8 Å². The van der Waals surface area contributed by atoms with Crippen LogP contribution in [0.25, 0.3) is 0 Å². The maximum atomic E-state index is 9.60. The van der Waals surface area contributed by atoms with Crippen LogP contribution in [-0.4, -0.2) is 31.2 Å². The van der Waals surface area contributed by atoms with E-state index in [-0.39, 0.29) is 11.5 Å². The minimum atomic E-state index is -0.509. The lowest BCUT2D eigenvalue weighted by Crippen LogP contribution is -2.37. The van der Waals surface area contributed by atoms with Gasteiger partial charge in [0.2, 0.25) is 0 Å². The van der Waals surface area contributed by atoms with Gasteiger partial charge in [-0.1, -0.05) is 20.3 Å². The molecule has 0 aliphatic carbocycles. The van der Waals surface area contributed by atoms with E-state index in [2.05, 4.69) is 26.1 Å². The first-order chi connectivity index (χ1) is 7.50. The van der Waals surface area contributed by atoms with Gasteiger partial charge in [0.1, 0.15) is 6.23 Å². The van der Waals surface area contributed by atoms with Crippen molar-refractivity contribution in [3.05, 3.63) is 0 Å². The average Bonchev–Trinajstić information content (AvgIpc) is 2.26. The molecule has 16 heavy (non-hydrogen) atoms. The third-order valence-electron chi connectivity index (χ3n) is 3.50. The first kappa shape index (κ1) is 15.8. The lowest BCUT2D eigenvalue weighted by Gasteiger charge is -2.35. The van der Waals surface area contributed by atoms with Crippen molar-refractivity contribution < 1.29 is 9.84 Å². The van der Waals surface area contributed by atoms with E-state index in [4.69, 9.17) is 10.5 Å². The fourth-order valence-corrected chi connectivity index (χ4v) is 2.09. The molecule has 0 bridgehead atoms. The molecule has 0 rings (SSSR count). The van der Waals surface area contributed by atoms with Crippen molar-refractivity contribution in [3.63, 3.8) is 0 Å². The Kier molecular flexibility index (Phi) is 7.93. The summed E-state index contributed by atoms with van der Waals surface area (Å²) in [4.78, 5) is 0. The number of methoxy groups -OCH3 is 1. The molecule has 0 heterocycles. The Morgan fingerprint density at radius 3 is 2.50 bits per heavy atom. The number of ether oxygens (including phenoxy) is 1. The fourth-order valence-electron chi connectivity index (χ4n) is 2.09. The van der Waals surface area contributed by atoms with E-state index < -0.39 is 6.23 Å². The summed E-state index contributed by atoms with van der Waals surface area (Å²) in [6.07, 6.45) is 3.58. The van der Waals surface area contributed by atoms with Crippen LogP contribution in [0.3, 0.4) is 0 Å². The Morgan fingerprint density at radius 1 is 1.44 bits per heavy atom. The standard InChI is InChI=1S/C12H28N2O2/c1-5-7-12(3,10(2)16-4)8-6-11(15)14-9-13/h10-11,14-15H,5-9,13H2,1-4H3. The van der Waals surface area contributed by atoms with Crippen LogP contribution in [0.1, 0.15) is 46.5 Å². The van der Waals surface area contributed by atoms with E-state index in [1.807, 2.05) is 0 Å². The number of aliphatic hydroxyl groups excluding tert-OH is 1. The predicted molar refractivity (Wildman–Crippen MR) is 66.9 cm³/mol. The van der Waals surface area contributed by atoms with Gasteiger partial charge in [-0.15, -0.1) is 0 Å². The van der Waals surface area contributed by atoms with Gasteiger partial charge < -0.3 is 15.6 Å². The van der Waals surface area contributed by atoms with Crippen LogP contribution in [0, 0.1) is 5.41 Å². The number of hydrogen-bond acceptors (Lipinski definition) is 4.